The topological polar surface area (TPSA) is 66.8 Å². The smallest absolute Gasteiger partial charge is 0.328 e. The number of nitrogens with zero attached hydrogens (tertiary/aromatic N) is 1. The van der Waals surface area contributed by atoms with E-state index in [2.05, 4.69) is 53.4 Å². The van der Waals surface area contributed by atoms with Crippen molar-refractivity contribution in [3.8, 4) is 16.9 Å². The van der Waals surface area contributed by atoms with Crippen LogP contribution in [-0.2, 0) is 11.3 Å². The number of likely N-dealkylation sites (tertiary alicyclic amines) is 1. The molecule has 1 spiro atoms. The Bertz CT molecular complexity index is 1240. The van der Waals surface area contributed by atoms with Gasteiger partial charge in [0.2, 0.25) is 0 Å². The number of ketones is 1. The van der Waals surface area contributed by atoms with Crippen LogP contribution in [0.1, 0.15) is 40.7 Å². The summed E-state index contributed by atoms with van der Waals surface area (Å²) >= 11 is 0. The molecule has 2 aliphatic heterocycles. The molecule has 0 unspecified atom stereocenters. The van der Waals surface area contributed by atoms with Crippen molar-refractivity contribution in [2.24, 2.45) is 0 Å². The lowest BCUT2D eigenvalue weighted by atomic mass is 9.82. The van der Waals surface area contributed by atoms with E-state index in [0.717, 1.165) is 38.6 Å². The van der Waals surface area contributed by atoms with E-state index >= 15 is 0 Å². The van der Waals surface area contributed by atoms with Crippen LogP contribution in [0.2, 0.25) is 0 Å². The molecule has 1 fully saturated rings. The Morgan fingerprint density at radius 2 is 1.71 bits per heavy atom. The van der Waals surface area contributed by atoms with Gasteiger partial charge < -0.3 is 9.84 Å². The molecule has 0 aliphatic carbocycles. The standard InChI is InChI=1S/C29H27NO4/c31-26-19-29(34-27-12-10-21(18-25(26)27)11-13-28(32)33)14-16-30(17-15-29)20-23-8-4-5-9-24(23)22-6-2-1-3-7-22/h1-13,18H,14-17,19-20H2,(H,32,33)/b13-11+. The molecule has 0 aromatic heterocycles. The fourth-order valence-corrected chi connectivity index (χ4v) is 4.98. The van der Waals surface area contributed by atoms with E-state index in [9.17, 15) is 9.59 Å². The molecule has 1 saturated heterocycles. The number of Topliss-reactive ketones (excluding diaryl/α,β-unsaturated/α-hetero) is 1. The summed E-state index contributed by atoms with van der Waals surface area (Å²) in [5.74, 6) is -0.348. The zero-order valence-corrected chi connectivity index (χ0v) is 18.9. The highest BCUT2D eigenvalue weighted by Gasteiger charge is 2.42. The molecular weight excluding hydrogens is 426 g/mol. The van der Waals surface area contributed by atoms with Crippen LogP contribution < -0.4 is 4.74 Å². The fourth-order valence-electron chi connectivity index (χ4n) is 4.98. The zero-order valence-electron chi connectivity index (χ0n) is 18.9. The fraction of sp³-hybridized carbons (Fsp3) is 0.241. The maximum Gasteiger partial charge on any atom is 0.328 e. The molecule has 0 saturated carbocycles. The van der Waals surface area contributed by atoms with Crippen molar-refractivity contribution in [2.75, 3.05) is 13.1 Å². The minimum Gasteiger partial charge on any atom is -0.486 e. The monoisotopic (exact) mass is 453 g/mol. The highest BCUT2D eigenvalue weighted by Crippen LogP contribution is 2.40. The van der Waals surface area contributed by atoms with Gasteiger partial charge in [0, 0.05) is 38.6 Å². The Balaban J connectivity index is 1.27. The van der Waals surface area contributed by atoms with Crippen molar-refractivity contribution in [1.29, 1.82) is 0 Å². The van der Waals surface area contributed by atoms with Crippen molar-refractivity contribution in [3.63, 3.8) is 0 Å². The first-order chi connectivity index (χ1) is 16.5. The highest BCUT2D eigenvalue weighted by molar-refractivity contribution is 6.01. The van der Waals surface area contributed by atoms with Crippen molar-refractivity contribution < 1.29 is 19.4 Å². The van der Waals surface area contributed by atoms with Gasteiger partial charge in [-0.05, 0) is 40.5 Å². The molecule has 0 radical (unpaired) electrons. The lowest BCUT2D eigenvalue weighted by molar-refractivity contribution is -0.131. The summed E-state index contributed by atoms with van der Waals surface area (Å²) in [6.45, 7) is 2.60. The van der Waals surface area contributed by atoms with Crippen molar-refractivity contribution in [2.45, 2.75) is 31.4 Å². The van der Waals surface area contributed by atoms with E-state index in [-0.39, 0.29) is 5.78 Å². The summed E-state index contributed by atoms with van der Waals surface area (Å²) in [6, 6.07) is 24.3. The first kappa shape index (κ1) is 22.1. The molecule has 1 N–H and O–H groups in total. The summed E-state index contributed by atoms with van der Waals surface area (Å²) in [5, 5.41) is 8.84. The lowest BCUT2D eigenvalue weighted by Crippen LogP contribution is -2.50. The van der Waals surface area contributed by atoms with Gasteiger partial charge in [-0.1, -0.05) is 60.7 Å². The largest absolute Gasteiger partial charge is 0.486 e. The number of hydrogen-bond donors (Lipinski definition) is 1. The molecular formula is C29H27NO4. The van der Waals surface area contributed by atoms with Crippen LogP contribution in [0.4, 0.5) is 0 Å². The first-order valence-electron chi connectivity index (χ1n) is 11.6. The molecule has 5 heteroatoms. The maximum absolute atomic E-state index is 13.0. The van der Waals surface area contributed by atoms with Crippen molar-refractivity contribution in [1.82, 2.24) is 4.90 Å². The summed E-state index contributed by atoms with van der Waals surface area (Å²) in [7, 11) is 0. The van der Waals surface area contributed by atoms with Crippen molar-refractivity contribution in [3.05, 3.63) is 95.6 Å². The molecule has 3 aromatic carbocycles. The van der Waals surface area contributed by atoms with Crippen LogP contribution in [0.5, 0.6) is 5.75 Å². The molecule has 0 amide bonds. The number of fused-ring (bicyclic) bond motifs is 1. The Kier molecular flexibility index (Phi) is 6.03. The third kappa shape index (κ3) is 4.66. The van der Waals surface area contributed by atoms with Gasteiger partial charge in [0.15, 0.2) is 5.78 Å². The molecule has 5 nitrogen and oxygen atoms in total. The van der Waals surface area contributed by atoms with E-state index in [0.29, 0.717) is 23.3 Å². The first-order valence-corrected chi connectivity index (χ1v) is 11.6. The van der Waals surface area contributed by atoms with E-state index in [1.54, 1.807) is 18.2 Å². The summed E-state index contributed by atoms with van der Waals surface area (Å²) in [6.07, 6.45) is 4.52. The second-order valence-electron chi connectivity index (χ2n) is 9.11. The Labute approximate surface area is 199 Å². The number of benzene rings is 3. The summed E-state index contributed by atoms with van der Waals surface area (Å²) in [5.41, 5.74) is 4.55. The third-order valence-corrected chi connectivity index (χ3v) is 6.79. The molecule has 5 rings (SSSR count). The van der Waals surface area contributed by atoms with Crippen LogP contribution in [0.25, 0.3) is 17.2 Å². The second-order valence-corrected chi connectivity index (χ2v) is 9.11. The predicted octanol–water partition coefficient (Wildman–Crippen LogP) is 5.45. The van der Waals surface area contributed by atoms with Gasteiger partial charge in [-0.3, -0.25) is 9.69 Å². The molecule has 34 heavy (non-hydrogen) atoms. The summed E-state index contributed by atoms with van der Waals surface area (Å²) < 4.78 is 6.42. The second kappa shape index (κ2) is 9.27. The van der Waals surface area contributed by atoms with Crippen LogP contribution in [0, 0.1) is 0 Å². The number of piperidine rings is 1. The van der Waals surface area contributed by atoms with Crippen LogP contribution in [0.3, 0.4) is 0 Å². The van der Waals surface area contributed by atoms with Crippen LogP contribution in [0.15, 0.2) is 78.9 Å². The average molecular weight is 454 g/mol. The van der Waals surface area contributed by atoms with Gasteiger partial charge in [0.05, 0.1) is 12.0 Å². The number of rotatable bonds is 5. The van der Waals surface area contributed by atoms with Gasteiger partial charge in [-0.25, -0.2) is 4.79 Å². The van der Waals surface area contributed by atoms with Gasteiger partial charge in [0.1, 0.15) is 11.4 Å². The highest BCUT2D eigenvalue weighted by atomic mass is 16.5. The third-order valence-electron chi connectivity index (χ3n) is 6.79. The molecule has 2 heterocycles. The zero-order chi connectivity index (χ0) is 23.5. The Hall–Kier alpha value is -3.70. The normalized spacial score (nSPS) is 17.5. The van der Waals surface area contributed by atoms with E-state index in [4.69, 9.17) is 9.84 Å². The predicted molar refractivity (Wildman–Crippen MR) is 132 cm³/mol. The number of carboxylic acids is 1. The van der Waals surface area contributed by atoms with E-state index in [1.165, 1.54) is 22.8 Å². The minimum atomic E-state index is -1.02. The number of ether oxygens (including phenoxy) is 1. The molecule has 2 aliphatic rings. The number of aliphatic carboxylic acids is 1. The molecule has 3 aromatic rings. The maximum atomic E-state index is 13.0. The average Bonchev–Trinajstić information content (AvgIpc) is 2.85. The number of carboxylic acid groups (broad SMARTS) is 1. The van der Waals surface area contributed by atoms with Gasteiger partial charge in [-0.15, -0.1) is 0 Å². The Morgan fingerprint density at radius 1 is 0.971 bits per heavy atom. The SMILES string of the molecule is O=C(O)/C=C/c1ccc2c(c1)C(=O)CC1(CCN(Cc3ccccc3-c3ccccc3)CC1)O2. The van der Waals surface area contributed by atoms with Gasteiger partial charge >= 0.3 is 5.97 Å². The van der Waals surface area contributed by atoms with Crippen LogP contribution in [-0.4, -0.2) is 40.4 Å². The Morgan fingerprint density at radius 3 is 2.47 bits per heavy atom. The lowest BCUT2D eigenvalue weighted by Gasteiger charge is -2.44. The quantitative estimate of drug-likeness (QED) is 0.520. The number of hydrogen-bond acceptors (Lipinski definition) is 4. The van der Waals surface area contributed by atoms with E-state index in [1.807, 2.05) is 6.07 Å². The molecule has 0 bridgehead atoms. The van der Waals surface area contributed by atoms with Gasteiger partial charge in [-0.2, -0.15) is 0 Å². The number of carbonyl (C=O) groups is 2. The van der Waals surface area contributed by atoms with Gasteiger partial charge in [0.25, 0.3) is 0 Å². The number of carbonyl (C=O) groups excluding carboxylic acids is 1. The molecule has 0 atom stereocenters. The van der Waals surface area contributed by atoms with Crippen LogP contribution >= 0.6 is 0 Å². The van der Waals surface area contributed by atoms with Crippen molar-refractivity contribution >= 4 is 17.8 Å². The molecule has 172 valence electrons. The summed E-state index contributed by atoms with van der Waals surface area (Å²) in [4.78, 5) is 26.2. The minimum absolute atomic E-state index is 0.0645. The van der Waals surface area contributed by atoms with E-state index < -0.39 is 11.6 Å².